The molecular weight excluding hydrogens is 492 g/mol. The molecule has 0 aromatic carbocycles. The Morgan fingerprint density at radius 3 is 1.77 bits per heavy atom. The summed E-state index contributed by atoms with van der Waals surface area (Å²) in [6.45, 7) is 3.64. The molecule has 39 heavy (non-hydrogen) atoms. The van der Waals surface area contributed by atoms with Gasteiger partial charge in [-0.2, -0.15) is 0 Å². The third kappa shape index (κ3) is 17.9. The monoisotopic (exact) mass is 534 g/mol. The van der Waals surface area contributed by atoms with Crippen molar-refractivity contribution in [3.8, 4) is 0 Å². The number of hydrogen-bond donors (Lipinski definition) is 3. The minimum Gasteiger partial charge on any atom is -0.480 e. The van der Waals surface area contributed by atoms with Gasteiger partial charge in [0.05, 0.1) is 11.9 Å². The molecule has 8 heteroatoms. The van der Waals surface area contributed by atoms with Gasteiger partial charge in [-0.15, -0.1) is 0 Å². The summed E-state index contributed by atoms with van der Waals surface area (Å²) in [5.41, 5.74) is 0.649. The van der Waals surface area contributed by atoms with E-state index in [2.05, 4.69) is 88.3 Å². The highest BCUT2D eigenvalue weighted by molar-refractivity contribution is 5.94. The predicted molar refractivity (Wildman–Crippen MR) is 156 cm³/mol. The second-order valence-electron chi connectivity index (χ2n) is 8.67. The van der Waals surface area contributed by atoms with E-state index in [1.165, 1.54) is 12.4 Å². The number of aryl methyl sites for hydroxylation is 1. The predicted octanol–water partition coefficient (Wildman–Crippen LogP) is 5.56. The Bertz CT molecular complexity index is 1040. The number of nitrogens with one attached hydrogen (secondary N) is 2. The first-order valence-corrected chi connectivity index (χ1v) is 13.4. The topological polar surface area (TPSA) is 121 Å². The van der Waals surface area contributed by atoms with Crippen LogP contribution in [0.2, 0.25) is 0 Å². The number of amides is 2. The molecule has 1 atom stereocenters. The minimum atomic E-state index is -1.27. The van der Waals surface area contributed by atoms with Gasteiger partial charge in [-0.3, -0.25) is 14.6 Å². The first kappa shape index (κ1) is 33.0. The van der Waals surface area contributed by atoms with Gasteiger partial charge in [0, 0.05) is 19.2 Å². The van der Waals surface area contributed by atoms with Crippen LogP contribution in [0.4, 0.5) is 0 Å². The van der Waals surface area contributed by atoms with E-state index in [1.807, 2.05) is 12.2 Å². The highest BCUT2D eigenvalue weighted by Gasteiger charge is 2.22. The van der Waals surface area contributed by atoms with Gasteiger partial charge < -0.3 is 15.7 Å². The largest absolute Gasteiger partial charge is 0.480 e. The summed E-state index contributed by atoms with van der Waals surface area (Å²) in [5, 5.41) is 14.2. The van der Waals surface area contributed by atoms with Crippen LogP contribution in [-0.2, 0) is 9.59 Å². The fourth-order valence-corrected chi connectivity index (χ4v) is 3.10. The van der Waals surface area contributed by atoms with Gasteiger partial charge in [0.25, 0.3) is 5.91 Å². The number of carboxylic acid groups (broad SMARTS) is 1. The molecule has 0 saturated heterocycles. The number of aliphatic carboxylic acids is 1. The first-order valence-electron chi connectivity index (χ1n) is 13.4. The molecule has 0 spiro atoms. The lowest BCUT2D eigenvalue weighted by atomic mass is 10.2. The molecule has 2 amide bonds. The number of allylic oxidation sites excluding steroid dienone is 12. The molecule has 0 bridgehead atoms. The summed E-state index contributed by atoms with van der Waals surface area (Å²) in [6, 6.07) is -1.27. The van der Waals surface area contributed by atoms with Crippen LogP contribution < -0.4 is 10.6 Å². The Balaban J connectivity index is 2.15. The van der Waals surface area contributed by atoms with E-state index in [0.717, 1.165) is 38.5 Å². The number of carbonyl (C=O) groups excluding carboxylic acids is 2. The van der Waals surface area contributed by atoms with Crippen molar-refractivity contribution < 1.29 is 19.5 Å². The lowest BCUT2D eigenvalue weighted by molar-refractivity contribution is -0.139. The molecule has 1 unspecified atom stereocenters. The third-order valence-corrected chi connectivity index (χ3v) is 5.25. The smallest absolute Gasteiger partial charge is 0.328 e. The van der Waals surface area contributed by atoms with Gasteiger partial charge in [-0.25, -0.2) is 9.78 Å². The molecule has 0 aliphatic rings. The van der Waals surface area contributed by atoms with Crippen molar-refractivity contribution in [2.24, 2.45) is 0 Å². The number of aromatic nitrogens is 2. The van der Waals surface area contributed by atoms with E-state index in [4.69, 9.17) is 0 Å². The third-order valence-electron chi connectivity index (χ3n) is 5.25. The summed E-state index contributed by atoms with van der Waals surface area (Å²) in [4.78, 5) is 43.5. The molecule has 0 aliphatic carbocycles. The van der Waals surface area contributed by atoms with Crippen molar-refractivity contribution in [1.29, 1.82) is 0 Å². The fourth-order valence-electron chi connectivity index (χ4n) is 3.10. The number of rotatable bonds is 19. The zero-order valence-electron chi connectivity index (χ0n) is 23.1. The molecule has 8 nitrogen and oxygen atoms in total. The number of carboxylic acids is 1. The first-order chi connectivity index (χ1) is 18.9. The van der Waals surface area contributed by atoms with E-state index < -0.39 is 17.9 Å². The van der Waals surface area contributed by atoms with Crippen LogP contribution in [0, 0.1) is 6.92 Å². The number of nitrogens with zero attached hydrogens (tertiary/aromatic N) is 2. The maximum absolute atomic E-state index is 12.2. The Kier molecular flexibility index (Phi) is 18.6. The fraction of sp³-hybridized carbons (Fsp3) is 0.387. The van der Waals surface area contributed by atoms with E-state index in [1.54, 1.807) is 6.92 Å². The molecule has 1 rings (SSSR count). The average molecular weight is 535 g/mol. The summed E-state index contributed by atoms with van der Waals surface area (Å²) < 4.78 is 0. The van der Waals surface area contributed by atoms with E-state index in [0.29, 0.717) is 12.1 Å². The van der Waals surface area contributed by atoms with Crippen molar-refractivity contribution in [2.75, 3.05) is 6.54 Å². The molecule has 210 valence electrons. The summed E-state index contributed by atoms with van der Waals surface area (Å²) in [5.74, 6) is -2.20. The van der Waals surface area contributed by atoms with Crippen molar-refractivity contribution in [3.63, 3.8) is 0 Å². The molecule has 0 radical (unpaired) electrons. The summed E-state index contributed by atoms with van der Waals surface area (Å²) >= 11 is 0. The Morgan fingerprint density at radius 2 is 1.31 bits per heavy atom. The van der Waals surface area contributed by atoms with E-state index >= 15 is 0 Å². The van der Waals surface area contributed by atoms with Crippen LogP contribution in [0.5, 0.6) is 0 Å². The average Bonchev–Trinajstić information content (AvgIpc) is 2.92. The van der Waals surface area contributed by atoms with Gasteiger partial charge in [0.1, 0.15) is 11.7 Å². The second kappa shape index (κ2) is 22.0. The van der Waals surface area contributed by atoms with Crippen LogP contribution in [0.15, 0.2) is 85.3 Å². The maximum Gasteiger partial charge on any atom is 0.328 e. The molecule has 1 aromatic rings. The van der Waals surface area contributed by atoms with Gasteiger partial charge in [0.15, 0.2) is 0 Å². The number of hydrogen-bond acceptors (Lipinski definition) is 5. The standard InChI is InChI=1S/C31H42N4O4/c1-3-4-5-6-7-8-9-10-11-12-13-14-15-16-17-18-19-20-21-22-29(36)34-25-28(31(38)39)35-30(37)27-24-32-26(2)23-33-27/h4-5,7-8,10-11,13-14,16-17,19-20,23-24,28H,3,6,9,12,15,18,21-22,25H2,1-2H3,(H,34,36)(H,35,37)(H,38,39). The summed E-state index contributed by atoms with van der Waals surface area (Å²) in [6.07, 6.45) is 34.6. The lowest BCUT2D eigenvalue weighted by Gasteiger charge is -2.15. The van der Waals surface area contributed by atoms with Crippen LogP contribution in [0.3, 0.4) is 0 Å². The van der Waals surface area contributed by atoms with Gasteiger partial charge in [-0.1, -0.05) is 79.8 Å². The maximum atomic E-state index is 12.2. The Morgan fingerprint density at radius 1 is 0.795 bits per heavy atom. The molecule has 0 fully saturated rings. The number of carbonyl (C=O) groups is 3. The Labute approximate surface area is 232 Å². The van der Waals surface area contributed by atoms with E-state index in [9.17, 15) is 19.5 Å². The zero-order valence-corrected chi connectivity index (χ0v) is 23.1. The van der Waals surface area contributed by atoms with Crippen molar-refractivity contribution in [3.05, 3.63) is 96.7 Å². The van der Waals surface area contributed by atoms with Gasteiger partial charge in [0.2, 0.25) is 5.91 Å². The highest BCUT2D eigenvalue weighted by atomic mass is 16.4. The van der Waals surface area contributed by atoms with Gasteiger partial charge in [-0.05, 0) is 51.9 Å². The van der Waals surface area contributed by atoms with E-state index in [-0.39, 0.29) is 24.6 Å². The van der Waals surface area contributed by atoms with Crippen molar-refractivity contribution in [1.82, 2.24) is 20.6 Å². The van der Waals surface area contributed by atoms with Gasteiger partial charge >= 0.3 is 5.97 Å². The molecule has 0 saturated carbocycles. The molecule has 1 heterocycles. The second-order valence-corrected chi connectivity index (χ2v) is 8.67. The molecule has 3 N–H and O–H groups in total. The molecule has 0 aliphatic heterocycles. The Hall–Kier alpha value is -4.07. The lowest BCUT2D eigenvalue weighted by Crippen LogP contribution is -2.48. The minimum absolute atomic E-state index is 0.0100. The SMILES string of the molecule is CCC=CCC=CCC=CCC=CCC=CCC=CCCC(=O)NCC(NC(=O)c1cnc(C)cn1)C(=O)O. The summed E-state index contributed by atoms with van der Waals surface area (Å²) in [7, 11) is 0. The van der Waals surface area contributed by atoms with Crippen LogP contribution in [-0.4, -0.2) is 45.4 Å². The van der Waals surface area contributed by atoms with Crippen LogP contribution in [0.1, 0.15) is 74.5 Å². The quantitative estimate of drug-likeness (QED) is 0.200. The zero-order chi connectivity index (χ0) is 28.6. The highest BCUT2D eigenvalue weighted by Crippen LogP contribution is 1.99. The van der Waals surface area contributed by atoms with Crippen LogP contribution in [0.25, 0.3) is 0 Å². The van der Waals surface area contributed by atoms with Crippen LogP contribution >= 0.6 is 0 Å². The molecular formula is C31H42N4O4. The van der Waals surface area contributed by atoms with Crippen molar-refractivity contribution in [2.45, 2.75) is 71.3 Å². The normalized spacial score (nSPS) is 13.0. The van der Waals surface area contributed by atoms with Crippen molar-refractivity contribution >= 4 is 17.8 Å². The molecule has 1 aromatic heterocycles.